The fraction of sp³-hybridized carbons (Fsp3) is 0.843. The molecule has 0 saturated carbocycles. The van der Waals surface area contributed by atoms with Crippen molar-refractivity contribution in [2.24, 2.45) is 11.8 Å². The monoisotopic (exact) mass is 965 g/mol. The normalized spacial score (nSPS) is 29.0. The quantitative estimate of drug-likeness (QED) is 0.0317. The van der Waals surface area contributed by atoms with Crippen LogP contribution in [0.5, 0.6) is 0 Å². The highest BCUT2D eigenvalue weighted by Crippen LogP contribution is 2.43. The van der Waals surface area contributed by atoms with E-state index in [0.29, 0.717) is 32.6 Å². The molecule has 10 atom stereocenters. The Balaban J connectivity index is 2.00. The lowest BCUT2D eigenvalue weighted by atomic mass is 9.88. The Morgan fingerprint density at radius 3 is 2.05 bits per heavy atom. The molecule has 0 spiro atoms. The maximum Gasteiger partial charge on any atom is 0.410 e. The fourth-order valence-corrected chi connectivity index (χ4v) is 19.3. The average molecular weight is 966 g/mol. The number of carbonyl (C=O) groups excluding carboxylic acids is 2. The van der Waals surface area contributed by atoms with Crippen LogP contribution in [0.2, 0.25) is 54.4 Å². The van der Waals surface area contributed by atoms with E-state index in [1.165, 1.54) is 0 Å². The number of rotatable bonds is 24. The molecule has 0 aromatic carbocycles. The van der Waals surface area contributed by atoms with Gasteiger partial charge >= 0.3 is 12.1 Å². The van der Waals surface area contributed by atoms with Gasteiger partial charge in [-0.25, -0.2) is 4.79 Å². The van der Waals surface area contributed by atoms with Crippen LogP contribution in [-0.4, -0.2) is 121 Å². The van der Waals surface area contributed by atoms with Crippen LogP contribution >= 0.6 is 0 Å². The van der Waals surface area contributed by atoms with E-state index in [9.17, 15) is 14.7 Å². The molecule has 3 aliphatic heterocycles. The molecule has 0 aliphatic carbocycles. The van der Waals surface area contributed by atoms with Crippen LogP contribution in [0.1, 0.15) is 136 Å². The molecule has 3 aliphatic rings. The van der Waals surface area contributed by atoms with Gasteiger partial charge in [-0.3, -0.25) is 4.79 Å². The zero-order valence-corrected chi connectivity index (χ0v) is 46.9. The summed E-state index contributed by atoms with van der Waals surface area (Å²) in [5, 5.41) is 15.4. The SMILES string of the molecule is CC[C@H](O[Si](CC)(CC)CC)[C@@H](C)[C@H]1O[C@@H]1C[C@](C)(/C=C/C=C(\C)[C@H]1OC(=O)CC(O[Si](CC)(CC)CC)CC[C@@](C)(O)[C@@H](OC(=O)N2CCNCC2)/C=C/[C@@H]1C)O[Si](CC)(CC)CC. The van der Waals surface area contributed by atoms with Gasteiger partial charge in [0.15, 0.2) is 31.1 Å². The number of aliphatic hydroxyl groups is 1. The third-order valence-corrected chi connectivity index (χ3v) is 30.1. The number of epoxide rings is 1. The number of nitrogens with zero attached hydrogens (tertiary/aromatic N) is 1. The zero-order valence-electron chi connectivity index (χ0n) is 43.9. The first-order valence-corrected chi connectivity index (χ1v) is 33.7. The van der Waals surface area contributed by atoms with Crippen LogP contribution in [0.15, 0.2) is 36.0 Å². The standard InChI is InChI=1S/C51H96N2O9Si3/c1-16-43(61-64(20-5,21-6)22-7)41(13)48-44(57-48)38-50(14,62-65(23-8,24-9)25-10)31-26-27-39(11)47-40(12)28-29-45(58-49(55)53-35-33-52-34-36-53)51(15,56)32-30-42(37-46(54)59-47)60-63(17-2,18-3)19-4/h26-29,31,40-45,47-48,52,56H,16-25,30,32-38H2,1-15H3/b29-28+,31-26+,39-27+/t40-,41+,42?,43-,44+,45-,47+,48+,50-,51+/m0/s1. The molecule has 2 N–H and O–H groups in total. The van der Waals surface area contributed by atoms with Crippen LogP contribution < -0.4 is 5.32 Å². The number of carbonyl (C=O) groups is 2. The number of ether oxygens (including phenoxy) is 3. The van der Waals surface area contributed by atoms with Gasteiger partial charge in [0.2, 0.25) is 0 Å². The second-order valence-electron chi connectivity index (χ2n) is 20.2. The van der Waals surface area contributed by atoms with Gasteiger partial charge in [0.25, 0.3) is 0 Å². The lowest BCUT2D eigenvalue weighted by Gasteiger charge is -2.39. The molecule has 3 rings (SSSR count). The molecule has 2 saturated heterocycles. The number of cyclic esters (lactones) is 1. The minimum Gasteiger partial charge on any atom is -0.457 e. The summed E-state index contributed by atoms with van der Waals surface area (Å²) in [4.78, 5) is 29.2. The summed E-state index contributed by atoms with van der Waals surface area (Å²) < 4.78 is 40.5. The van der Waals surface area contributed by atoms with E-state index in [1.54, 1.807) is 17.9 Å². The second-order valence-corrected chi connectivity index (χ2v) is 34.4. The van der Waals surface area contributed by atoms with Gasteiger partial charge in [0.1, 0.15) is 11.7 Å². The van der Waals surface area contributed by atoms with Crippen molar-refractivity contribution < 1.29 is 42.2 Å². The zero-order chi connectivity index (χ0) is 48.6. The van der Waals surface area contributed by atoms with Crippen LogP contribution in [0, 0.1) is 11.8 Å². The third-order valence-electron chi connectivity index (χ3n) is 16.0. The predicted molar refractivity (Wildman–Crippen MR) is 274 cm³/mol. The van der Waals surface area contributed by atoms with Gasteiger partial charge in [-0.2, -0.15) is 0 Å². The molecular weight excluding hydrogens is 869 g/mol. The first-order chi connectivity index (χ1) is 30.8. The maximum absolute atomic E-state index is 14.0. The summed E-state index contributed by atoms with van der Waals surface area (Å²) in [5.41, 5.74) is -1.09. The topological polar surface area (TPSA) is 128 Å². The van der Waals surface area contributed by atoms with Crippen LogP contribution in [0.25, 0.3) is 0 Å². The number of nitrogens with one attached hydrogen (secondary N) is 1. The minimum absolute atomic E-state index is 0.0777. The number of esters is 1. The molecule has 1 amide bonds. The summed E-state index contributed by atoms with van der Waals surface area (Å²) in [6.45, 7) is 35.2. The van der Waals surface area contributed by atoms with Gasteiger partial charge in [0, 0.05) is 50.5 Å². The number of allylic oxidation sites excluding steroid dienone is 2. The largest absolute Gasteiger partial charge is 0.457 e. The summed E-state index contributed by atoms with van der Waals surface area (Å²) in [6.07, 6.45) is 10.6. The highest BCUT2D eigenvalue weighted by Gasteiger charge is 2.51. The van der Waals surface area contributed by atoms with Gasteiger partial charge < -0.3 is 42.8 Å². The van der Waals surface area contributed by atoms with Crippen molar-refractivity contribution >= 4 is 37.0 Å². The summed E-state index contributed by atoms with van der Waals surface area (Å²) in [5.74, 6) is -0.334. The van der Waals surface area contributed by atoms with Crippen LogP contribution in [0.4, 0.5) is 4.79 Å². The van der Waals surface area contributed by atoms with E-state index in [2.05, 4.69) is 107 Å². The van der Waals surface area contributed by atoms with Gasteiger partial charge in [-0.05, 0) is 106 Å². The molecule has 0 radical (unpaired) electrons. The van der Waals surface area contributed by atoms with Gasteiger partial charge in [-0.1, -0.05) is 107 Å². The Kier molecular flexibility index (Phi) is 23.4. The van der Waals surface area contributed by atoms with E-state index in [4.69, 9.17) is 27.5 Å². The lowest BCUT2D eigenvalue weighted by Crippen LogP contribution is -2.50. The highest BCUT2D eigenvalue weighted by atomic mass is 28.4. The van der Waals surface area contributed by atoms with Crippen molar-refractivity contribution in [1.82, 2.24) is 10.2 Å². The summed E-state index contributed by atoms with van der Waals surface area (Å²) >= 11 is 0. The Hall–Kier alpha value is -1.63. The molecule has 0 aromatic rings. The fourth-order valence-electron chi connectivity index (χ4n) is 10.3. The number of hydrogen-bond donors (Lipinski definition) is 2. The van der Waals surface area contributed by atoms with E-state index in [-0.39, 0.29) is 49.0 Å². The average Bonchev–Trinajstić information content (AvgIpc) is 4.08. The Morgan fingerprint density at radius 1 is 0.938 bits per heavy atom. The van der Waals surface area contributed by atoms with E-state index < -0.39 is 60.6 Å². The molecule has 0 aromatic heterocycles. The van der Waals surface area contributed by atoms with Crippen molar-refractivity contribution in [3.05, 3.63) is 36.0 Å². The predicted octanol–water partition coefficient (Wildman–Crippen LogP) is 11.7. The Morgan fingerprint density at radius 2 is 1.51 bits per heavy atom. The van der Waals surface area contributed by atoms with E-state index in [1.807, 2.05) is 19.9 Å². The highest BCUT2D eigenvalue weighted by molar-refractivity contribution is 6.74. The molecule has 3 heterocycles. The molecule has 14 heteroatoms. The molecule has 1 unspecified atom stereocenters. The first kappa shape index (κ1) is 57.7. The van der Waals surface area contributed by atoms with Gasteiger partial charge in [0.05, 0.1) is 30.3 Å². The van der Waals surface area contributed by atoms with Crippen molar-refractivity contribution in [1.29, 1.82) is 0 Å². The van der Waals surface area contributed by atoms with Crippen LogP contribution in [-0.2, 0) is 32.3 Å². The van der Waals surface area contributed by atoms with E-state index >= 15 is 0 Å². The first-order valence-electron chi connectivity index (χ1n) is 26.1. The summed E-state index contributed by atoms with van der Waals surface area (Å²) in [7, 11) is -5.96. The number of piperazine rings is 1. The lowest BCUT2D eigenvalue weighted by molar-refractivity contribution is -0.151. The Bertz CT molecular complexity index is 1520. The van der Waals surface area contributed by atoms with E-state index in [0.717, 1.165) is 72.8 Å². The molecule has 0 bridgehead atoms. The van der Waals surface area contributed by atoms with Gasteiger partial charge in [-0.15, -0.1) is 0 Å². The third kappa shape index (κ3) is 16.2. The van der Waals surface area contributed by atoms with Crippen LogP contribution in [0.3, 0.4) is 0 Å². The van der Waals surface area contributed by atoms with Crippen molar-refractivity contribution in [3.8, 4) is 0 Å². The van der Waals surface area contributed by atoms with Crippen molar-refractivity contribution in [2.45, 2.75) is 238 Å². The minimum atomic E-state index is -2.14. The molecular formula is C51H96N2O9Si3. The Labute approximate surface area is 400 Å². The van der Waals surface area contributed by atoms with Crippen molar-refractivity contribution in [3.63, 3.8) is 0 Å². The molecule has 65 heavy (non-hydrogen) atoms. The maximum atomic E-state index is 14.0. The molecule has 376 valence electrons. The summed E-state index contributed by atoms with van der Waals surface area (Å²) in [6, 6.07) is 9.33. The van der Waals surface area contributed by atoms with Crippen molar-refractivity contribution in [2.75, 3.05) is 26.2 Å². The number of hydrogen-bond acceptors (Lipinski definition) is 10. The number of amides is 1. The molecule has 2 fully saturated rings. The smallest absolute Gasteiger partial charge is 0.410 e. The molecule has 11 nitrogen and oxygen atoms in total. The second kappa shape index (κ2) is 26.4.